The van der Waals surface area contributed by atoms with Crippen LogP contribution in [0.3, 0.4) is 0 Å². The van der Waals surface area contributed by atoms with Crippen molar-refractivity contribution in [1.29, 1.82) is 0 Å². The van der Waals surface area contributed by atoms with Crippen molar-refractivity contribution in [2.24, 2.45) is 5.92 Å². The highest BCUT2D eigenvalue weighted by Crippen LogP contribution is 2.51. The first kappa shape index (κ1) is 12.7. The summed E-state index contributed by atoms with van der Waals surface area (Å²) in [6, 6.07) is 15.8. The van der Waals surface area contributed by atoms with Gasteiger partial charge >= 0.3 is 0 Å². The standard InChI is InChI=1S/C20H21N/c1-13-11-12-14(2)19-18(13)16-9-6-10-17(16)20(21-19)15-7-4-3-5-8-15/h3-9,11-12,16-17,20-21H,10H2,1-2H3/t16-,17-,20-/m1/s1. The molecule has 0 fully saturated rings. The van der Waals surface area contributed by atoms with Crippen LogP contribution in [0.2, 0.25) is 0 Å². The van der Waals surface area contributed by atoms with E-state index in [1.165, 1.54) is 34.4 Å². The number of fused-ring (bicyclic) bond motifs is 3. The molecule has 0 spiro atoms. The normalized spacial score (nSPS) is 26.1. The SMILES string of the molecule is Cc1ccc(C)c2c1N[C@H](c1ccccc1)[C@@H]1CC=C[C@@H]21. The molecule has 1 aliphatic carbocycles. The average Bonchev–Trinajstić information content (AvgIpc) is 3.00. The fraction of sp³-hybridized carbons (Fsp3) is 0.300. The van der Waals surface area contributed by atoms with Gasteiger partial charge in [0.25, 0.3) is 0 Å². The Labute approximate surface area is 126 Å². The summed E-state index contributed by atoms with van der Waals surface area (Å²) in [5.74, 6) is 1.20. The summed E-state index contributed by atoms with van der Waals surface area (Å²) >= 11 is 0. The van der Waals surface area contributed by atoms with Gasteiger partial charge in [-0.2, -0.15) is 0 Å². The minimum Gasteiger partial charge on any atom is -0.377 e. The Balaban J connectivity index is 1.86. The van der Waals surface area contributed by atoms with Gasteiger partial charge in [-0.05, 0) is 48.4 Å². The molecule has 0 saturated carbocycles. The Bertz CT molecular complexity index is 699. The minimum atomic E-state index is 0.416. The highest BCUT2D eigenvalue weighted by atomic mass is 15.0. The number of aryl methyl sites for hydroxylation is 2. The van der Waals surface area contributed by atoms with E-state index in [0.29, 0.717) is 17.9 Å². The molecule has 0 saturated heterocycles. The van der Waals surface area contributed by atoms with E-state index < -0.39 is 0 Å². The molecule has 0 bridgehead atoms. The number of nitrogens with one attached hydrogen (secondary N) is 1. The average molecular weight is 275 g/mol. The zero-order valence-corrected chi connectivity index (χ0v) is 12.6. The van der Waals surface area contributed by atoms with E-state index in [4.69, 9.17) is 0 Å². The smallest absolute Gasteiger partial charge is 0.0554 e. The van der Waals surface area contributed by atoms with Gasteiger partial charge in [0.05, 0.1) is 6.04 Å². The first-order valence-corrected chi connectivity index (χ1v) is 7.84. The third kappa shape index (κ3) is 1.91. The Morgan fingerprint density at radius 1 is 0.952 bits per heavy atom. The molecular formula is C20H21N. The van der Waals surface area contributed by atoms with Gasteiger partial charge in [0.15, 0.2) is 0 Å². The van der Waals surface area contributed by atoms with E-state index >= 15 is 0 Å². The Kier molecular flexibility index (Phi) is 2.88. The molecule has 2 aromatic rings. The van der Waals surface area contributed by atoms with Gasteiger partial charge in [-0.15, -0.1) is 0 Å². The molecule has 1 heterocycles. The van der Waals surface area contributed by atoms with Crippen molar-refractivity contribution in [3.8, 4) is 0 Å². The third-order valence-electron chi connectivity index (χ3n) is 5.10. The predicted molar refractivity (Wildman–Crippen MR) is 88.7 cm³/mol. The molecule has 0 amide bonds. The van der Waals surface area contributed by atoms with E-state index in [2.05, 4.69) is 73.8 Å². The van der Waals surface area contributed by atoms with Crippen LogP contribution in [0.5, 0.6) is 0 Å². The van der Waals surface area contributed by atoms with Gasteiger partial charge in [-0.3, -0.25) is 0 Å². The first-order chi connectivity index (χ1) is 10.3. The zero-order chi connectivity index (χ0) is 14.4. The second-order valence-electron chi connectivity index (χ2n) is 6.37. The molecular weight excluding hydrogens is 254 g/mol. The molecule has 0 aromatic heterocycles. The largest absolute Gasteiger partial charge is 0.377 e. The van der Waals surface area contributed by atoms with Crippen molar-refractivity contribution in [3.63, 3.8) is 0 Å². The van der Waals surface area contributed by atoms with Crippen molar-refractivity contribution in [3.05, 3.63) is 76.9 Å². The zero-order valence-electron chi connectivity index (χ0n) is 12.6. The summed E-state index contributed by atoms with van der Waals surface area (Å²) in [6.45, 7) is 4.46. The molecule has 106 valence electrons. The fourth-order valence-electron chi connectivity index (χ4n) is 4.03. The number of allylic oxidation sites excluding steroid dienone is 2. The van der Waals surface area contributed by atoms with E-state index in [1.807, 2.05) is 0 Å². The van der Waals surface area contributed by atoms with Crippen LogP contribution < -0.4 is 5.32 Å². The summed E-state index contributed by atoms with van der Waals surface area (Å²) in [5, 5.41) is 3.85. The molecule has 1 N–H and O–H groups in total. The lowest BCUT2D eigenvalue weighted by atomic mass is 9.75. The van der Waals surface area contributed by atoms with Crippen molar-refractivity contribution in [2.75, 3.05) is 5.32 Å². The summed E-state index contributed by atoms with van der Waals surface area (Å²) in [7, 11) is 0. The molecule has 1 nitrogen and oxygen atoms in total. The summed E-state index contributed by atoms with van der Waals surface area (Å²) in [4.78, 5) is 0. The first-order valence-electron chi connectivity index (χ1n) is 7.84. The number of hydrogen-bond acceptors (Lipinski definition) is 1. The molecule has 2 aromatic carbocycles. The van der Waals surface area contributed by atoms with Gasteiger partial charge in [-0.25, -0.2) is 0 Å². The molecule has 0 unspecified atom stereocenters. The topological polar surface area (TPSA) is 12.0 Å². The summed E-state index contributed by atoms with van der Waals surface area (Å²) in [6.07, 6.45) is 5.96. The molecule has 21 heavy (non-hydrogen) atoms. The van der Waals surface area contributed by atoms with Crippen LogP contribution in [0.4, 0.5) is 5.69 Å². The van der Waals surface area contributed by atoms with Crippen molar-refractivity contribution in [2.45, 2.75) is 32.2 Å². The van der Waals surface area contributed by atoms with Gasteiger partial charge < -0.3 is 5.32 Å². The molecule has 1 aliphatic heterocycles. The number of benzene rings is 2. The van der Waals surface area contributed by atoms with E-state index in [9.17, 15) is 0 Å². The number of hydrogen-bond donors (Lipinski definition) is 1. The monoisotopic (exact) mass is 275 g/mol. The van der Waals surface area contributed by atoms with Gasteiger partial charge in [0.1, 0.15) is 0 Å². The third-order valence-corrected chi connectivity index (χ3v) is 5.10. The Morgan fingerprint density at radius 2 is 1.71 bits per heavy atom. The van der Waals surface area contributed by atoms with Crippen LogP contribution in [0.1, 0.15) is 40.6 Å². The summed E-state index contributed by atoms with van der Waals surface area (Å²) < 4.78 is 0. The number of rotatable bonds is 1. The maximum atomic E-state index is 3.85. The maximum absolute atomic E-state index is 3.85. The maximum Gasteiger partial charge on any atom is 0.0554 e. The van der Waals surface area contributed by atoms with Crippen molar-refractivity contribution in [1.82, 2.24) is 0 Å². The van der Waals surface area contributed by atoms with Crippen molar-refractivity contribution < 1.29 is 0 Å². The van der Waals surface area contributed by atoms with E-state index in [0.717, 1.165) is 0 Å². The molecule has 0 radical (unpaired) electrons. The van der Waals surface area contributed by atoms with Crippen LogP contribution in [0.25, 0.3) is 0 Å². The molecule has 1 heteroatoms. The minimum absolute atomic E-state index is 0.416. The van der Waals surface area contributed by atoms with Crippen LogP contribution in [0, 0.1) is 19.8 Å². The van der Waals surface area contributed by atoms with Crippen LogP contribution in [-0.4, -0.2) is 0 Å². The van der Waals surface area contributed by atoms with Crippen LogP contribution >= 0.6 is 0 Å². The quantitative estimate of drug-likeness (QED) is 0.711. The molecule has 2 aliphatic rings. The number of anilines is 1. The van der Waals surface area contributed by atoms with Gasteiger partial charge in [0.2, 0.25) is 0 Å². The lowest BCUT2D eigenvalue weighted by Gasteiger charge is -2.39. The Morgan fingerprint density at radius 3 is 2.52 bits per heavy atom. The fourth-order valence-corrected chi connectivity index (χ4v) is 4.03. The van der Waals surface area contributed by atoms with Gasteiger partial charge in [-0.1, -0.05) is 54.6 Å². The van der Waals surface area contributed by atoms with Crippen molar-refractivity contribution >= 4 is 5.69 Å². The highest BCUT2D eigenvalue weighted by Gasteiger charge is 2.38. The van der Waals surface area contributed by atoms with E-state index in [-0.39, 0.29) is 0 Å². The molecule has 3 atom stereocenters. The predicted octanol–water partition coefficient (Wildman–Crippen LogP) is 5.13. The second kappa shape index (κ2) is 4.77. The highest BCUT2D eigenvalue weighted by molar-refractivity contribution is 5.66. The van der Waals surface area contributed by atoms with Gasteiger partial charge in [0, 0.05) is 11.6 Å². The lowest BCUT2D eigenvalue weighted by molar-refractivity contribution is 0.424. The second-order valence-corrected chi connectivity index (χ2v) is 6.37. The van der Waals surface area contributed by atoms with Crippen LogP contribution in [0.15, 0.2) is 54.6 Å². The molecule has 4 rings (SSSR count). The van der Waals surface area contributed by atoms with Crippen LogP contribution in [-0.2, 0) is 0 Å². The van der Waals surface area contributed by atoms with E-state index in [1.54, 1.807) is 0 Å². The lowest BCUT2D eigenvalue weighted by Crippen LogP contribution is -2.30. The Hall–Kier alpha value is -2.02. The summed E-state index contributed by atoms with van der Waals surface area (Å²) in [5.41, 5.74) is 7.05.